The molecule has 0 fully saturated rings. The molecular formula is C14H10Cl2FN3. The fraction of sp³-hybridized carbons (Fsp3) is 0.143. The minimum absolute atomic E-state index is 0.0960. The third-order valence-electron chi connectivity index (χ3n) is 3.01. The van der Waals surface area contributed by atoms with Crippen LogP contribution in [0.1, 0.15) is 5.82 Å². The van der Waals surface area contributed by atoms with Crippen LogP contribution in [0.3, 0.4) is 0 Å². The molecule has 3 rings (SSSR count). The molecule has 0 amide bonds. The van der Waals surface area contributed by atoms with Crippen LogP contribution in [-0.4, -0.2) is 20.4 Å². The summed E-state index contributed by atoms with van der Waals surface area (Å²) in [6.07, 6.45) is 3.94. The first-order valence-corrected chi connectivity index (χ1v) is 6.94. The molecule has 6 heteroatoms. The first kappa shape index (κ1) is 13.3. The van der Waals surface area contributed by atoms with Gasteiger partial charge in [-0.25, -0.2) is 9.37 Å². The Morgan fingerprint density at radius 2 is 2.10 bits per heavy atom. The number of imidazole rings is 1. The van der Waals surface area contributed by atoms with E-state index in [4.69, 9.17) is 23.2 Å². The van der Waals surface area contributed by atoms with Crippen molar-refractivity contribution in [2.24, 2.45) is 0 Å². The maximum Gasteiger partial charge on any atom is 0.143 e. The highest BCUT2D eigenvalue weighted by Crippen LogP contribution is 2.24. The third kappa shape index (κ3) is 2.25. The van der Waals surface area contributed by atoms with Crippen LogP contribution in [0.25, 0.3) is 16.7 Å². The Hall–Kier alpha value is -1.65. The number of nitrogens with zero attached hydrogens (tertiary/aromatic N) is 3. The number of hydrogen-bond donors (Lipinski definition) is 0. The van der Waals surface area contributed by atoms with Crippen molar-refractivity contribution in [2.75, 3.05) is 5.88 Å². The largest absolute Gasteiger partial charge is 0.296 e. The molecule has 2 heterocycles. The van der Waals surface area contributed by atoms with Crippen molar-refractivity contribution < 1.29 is 4.39 Å². The SMILES string of the molecule is Fc1cc(-n2c(CCCl)nc3cnccc32)ccc1Cl. The molecular weight excluding hydrogens is 300 g/mol. The fourth-order valence-electron chi connectivity index (χ4n) is 2.15. The standard InChI is InChI=1S/C14H10Cl2FN3/c15-5-3-14-19-12-8-18-6-4-13(12)20(14)9-1-2-10(16)11(17)7-9/h1-2,4,6-8H,3,5H2. The van der Waals surface area contributed by atoms with Crippen molar-refractivity contribution in [3.05, 3.63) is 53.3 Å². The predicted octanol–water partition coefficient (Wildman–Crippen LogP) is 3.99. The summed E-state index contributed by atoms with van der Waals surface area (Å²) in [5.41, 5.74) is 2.28. The Labute approximate surface area is 125 Å². The molecule has 0 aliphatic heterocycles. The monoisotopic (exact) mass is 309 g/mol. The lowest BCUT2D eigenvalue weighted by molar-refractivity contribution is 0.627. The van der Waals surface area contributed by atoms with Gasteiger partial charge in [-0.3, -0.25) is 9.55 Å². The second-order valence-electron chi connectivity index (χ2n) is 4.27. The van der Waals surface area contributed by atoms with Gasteiger partial charge in [0.15, 0.2) is 0 Å². The number of rotatable bonds is 3. The van der Waals surface area contributed by atoms with E-state index in [1.165, 1.54) is 12.1 Å². The molecule has 0 saturated heterocycles. The van der Waals surface area contributed by atoms with Gasteiger partial charge in [-0.15, -0.1) is 11.6 Å². The van der Waals surface area contributed by atoms with E-state index in [9.17, 15) is 4.39 Å². The summed E-state index contributed by atoms with van der Waals surface area (Å²) < 4.78 is 15.6. The Kier molecular flexibility index (Phi) is 3.59. The first-order chi connectivity index (χ1) is 9.70. The Bertz CT molecular complexity index is 770. The van der Waals surface area contributed by atoms with E-state index in [1.807, 2.05) is 10.6 Å². The zero-order chi connectivity index (χ0) is 14.1. The molecule has 2 aromatic heterocycles. The summed E-state index contributed by atoms with van der Waals surface area (Å²) in [7, 11) is 0. The van der Waals surface area contributed by atoms with E-state index in [2.05, 4.69) is 9.97 Å². The number of halogens is 3. The average Bonchev–Trinajstić information content (AvgIpc) is 2.80. The number of aryl methyl sites for hydroxylation is 1. The molecule has 0 unspecified atom stereocenters. The molecule has 0 aliphatic rings. The highest BCUT2D eigenvalue weighted by molar-refractivity contribution is 6.30. The van der Waals surface area contributed by atoms with Crippen LogP contribution in [0.4, 0.5) is 4.39 Å². The lowest BCUT2D eigenvalue weighted by Gasteiger charge is -2.09. The zero-order valence-corrected chi connectivity index (χ0v) is 11.9. The molecule has 0 radical (unpaired) electrons. The summed E-state index contributed by atoms with van der Waals surface area (Å²) in [5, 5.41) is 0.0960. The van der Waals surface area contributed by atoms with Gasteiger partial charge in [0.05, 0.1) is 22.4 Å². The summed E-state index contributed by atoms with van der Waals surface area (Å²) >= 11 is 11.5. The molecule has 102 valence electrons. The van der Waals surface area contributed by atoms with Crippen LogP contribution in [0, 0.1) is 5.82 Å². The van der Waals surface area contributed by atoms with Gasteiger partial charge < -0.3 is 0 Å². The first-order valence-electron chi connectivity index (χ1n) is 6.03. The number of pyridine rings is 1. The van der Waals surface area contributed by atoms with E-state index in [0.717, 1.165) is 16.9 Å². The molecule has 1 aromatic carbocycles. The molecule has 20 heavy (non-hydrogen) atoms. The van der Waals surface area contributed by atoms with E-state index in [0.29, 0.717) is 18.0 Å². The molecule has 0 aliphatic carbocycles. The van der Waals surface area contributed by atoms with Gasteiger partial charge >= 0.3 is 0 Å². The van der Waals surface area contributed by atoms with Crippen LogP contribution in [-0.2, 0) is 6.42 Å². The molecule has 3 aromatic rings. The lowest BCUT2D eigenvalue weighted by atomic mass is 10.3. The Balaban J connectivity index is 2.26. The fourth-order valence-corrected chi connectivity index (χ4v) is 2.43. The predicted molar refractivity (Wildman–Crippen MR) is 78.3 cm³/mol. The summed E-state index contributed by atoms with van der Waals surface area (Å²) in [6, 6.07) is 6.52. The van der Waals surface area contributed by atoms with Crippen LogP contribution in [0.15, 0.2) is 36.7 Å². The normalized spacial score (nSPS) is 11.2. The minimum atomic E-state index is -0.461. The van der Waals surface area contributed by atoms with Crippen molar-refractivity contribution in [1.82, 2.24) is 14.5 Å². The summed E-state index contributed by atoms with van der Waals surface area (Å²) in [6.45, 7) is 0. The van der Waals surface area contributed by atoms with Crippen LogP contribution < -0.4 is 0 Å². The van der Waals surface area contributed by atoms with Gasteiger partial charge in [-0.05, 0) is 24.3 Å². The quantitative estimate of drug-likeness (QED) is 0.685. The lowest BCUT2D eigenvalue weighted by Crippen LogP contribution is -2.02. The topological polar surface area (TPSA) is 30.7 Å². The van der Waals surface area contributed by atoms with Crippen molar-refractivity contribution in [1.29, 1.82) is 0 Å². The average molecular weight is 310 g/mol. The highest BCUT2D eigenvalue weighted by atomic mass is 35.5. The minimum Gasteiger partial charge on any atom is -0.296 e. The number of alkyl halides is 1. The van der Waals surface area contributed by atoms with Gasteiger partial charge in [0.25, 0.3) is 0 Å². The van der Waals surface area contributed by atoms with E-state index < -0.39 is 5.82 Å². The smallest absolute Gasteiger partial charge is 0.143 e. The maximum absolute atomic E-state index is 13.7. The number of hydrogen-bond acceptors (Lipinski definition) is 2. The van der Waals surface area contributed by atoms with E-state index in [1.54, 1.807) is 18.5 Å². The highest BCUT2D eigenvalue weighted by Gasteiger charge is 2.13. The molecule has 0 atom stereocenters. The molecule has 3 nitrogen and oxygen atoms in total. The Morgan fingerprint density at radius 1 is 1.25 bits per heavy atom. The van der Waals surface area contributed by atoms with Gasteiger partial charge in [-0.2, -0.15) is 0 Å². The van der Waals surface area contributed by atoms with Crippen molar-refractivity contribution in [3.63, 3.8) is 0 Å². The van der Waals surface area contributed by atoms with Gasteiger partial charge in [0.1, 0.15) is 17.2 Å². The maximum atomic E-state index is 13.7. The molecule has 0 N–H and O–H groups in total. The van der Waals surface area contributed by atoms with Crippen LogP contribution >= 0.6 is 23.2 Å². The number of benzene rings is 1. The Morgan fingerprint density at radius 3 is 2.85 bits per heavy atom. The number of fused-ring (bicyclic) bond motifs is 1. The molecule has 0 bridgehead atoms. The third-order valence-corrected chi connectivity index (χ3v) is 3.50. The van der Waals surface area contributed by atoms with Crippen LogP contribution in [0.5, 0.6) is 0 Å². The van der Waals surface area contributed by atoms with Gasteiger partial charge in [-0.1, -0.05) is 11.6 Å². The van der Waals surface area contributed by atoms with Crippen molar-refractivity contribution in [3.8, 4) is 5.69 Å². The molecule has 0 saturated carbocycles. The second-order valence-corrected chi connectivity index (χ2v) is 5.05. The summed E-state index contributed by atoms with van der Waals surface area (Å²) in [5.74, 6) is 0.744. The van der Waals surface area contributed by atoms with Crippen molar-refractivity contribution >= 4 is 34.2 Å². The zero-order valence-electron chi connectivity index (χ0n) is 10.4. The van der Waals surface area contributed by atoms with E-state index in [-0.39, 0.29) is 5.02 Å². The summed E-state index contributed by atoms with van der Waals surface area (Å²) in [4.78, 5) is 8.54. The van der Waals surface area contributed by atoms with E-state index >= 15 is 0 Å². The van der Waals surface area contributed by atoms with Gasteiger partial charge in [0.2, 0.25) is 0 Å². The number of aromatic nitrogens is 3. The molecule has 0 spiro atoms. The second kappa shape index (κ2) is 5.38. The van der Waals surface area contributed by atoms with Crippen LogP contribution in [0.2, 0.25) is 5.02 Å². The van der Waals surface area contributed by atoms with Crippen molar-refractivity contribution in [2.45, 2.75) is 6.42 Å². The van der Waals surface area contributed by atoms with Gasteiger partial charge in [0, 0.05) is 18.5 Å².